The largest absolute Gasteiger partial charge is 0.497 e. The summed E-state index contributed by atoms with van der Waals surface area (Å²) in [5.41, 5.74) is 0.304. The number of fused-ring (bicyclic) bond motifs is 2. The van der Waals surface area contributed by atoms with Gasteiger partial charge in [-0.15, -0.1) is 0 Å². The number of carbonyl (C=O) groups is 1. The fourth-order valence-electron chi connectivity index (χ4n) is 8.67. The van der Waals surface area contributed by atoms with E-state index < -0.39 is 21.5 Å². The van der Waals surface area contributed by atoms with Crippen LogP contribution in [0.3, 0.4) is 0 Å². The third-order valence-electron chi connectivity index (χ3n) is 11.4. The number of ether oxygens (including phenoxy) is 2. The summed E-state index contributed by atoms with van der Waals surface area (Å²) in [4.78, 5) is 13.4. The van der Waals surface area contributed by atoms with Crippen LogP contribution in [0.4, 0.5) is 0 Å². The van der Waals surface area contributed by atoms with Crippen molar-refractivity contribution in [3.63, 3.8) is 0 Å². The van der Waals surface area contributed by atoms with Gasteiger partial charge in [-0.05, 0) is 80.9 Å². The number of esters is 1. The molecule has 0 amide bonds. The van der Waals surface area contributed by atoms with Crippen molar-refractivity contribution in [2.24, 2.45) is 16.7 Å². The van der Waals surface area contributed by atoms with Crippen molar-refractivity contribution in [2.75, 3.05) is 12.9 Å². The summed E-state index contributed by atoms with van der Waals surface area (Å²) in [5, 5.41) is 3.30. The zero-order valence-corrected chi connectivity index (χ0v) is 26.5. The highest BCUT2D eigenvalue weighted by molar-refractivity contribution is 7.89. The van der Waals surface area contributed by atoms with Crippen LogP contribution in [0.1, 0.15) is 110 Å². The van der Waals surface area contributed by atoms with Crippen molar-refractivity contribution >= 4 is 16.0 Å². The molecule has 0 aliphatic heterocycles. The Bertz CT molecular complexity index is 1120. The maximum atomic E-state index is 14.6. The van der Waals surface area contributed by atoms with Gasteiger partial charge < -0.3 is 14.8 Å². The minimum absolute atomic E-state index is 0.0993. The summed E-state index contributed by atoms with van der Waals surface area (Å²) in [7, 11) is -1.90. The van der Waals surface area contributed by atoms with E-state index in [1.807, 2.05) is 35.5 Å². The van der Waals surface area contributed by atoms with Crippen LogP contribution >= 0.6 is 0 Å². The highest BCUT2D eigenvalue weighted by atomic mass is 32.2. The average molecular weight is 589 g/mol. The van der Waals surface area contributed by atoms with Gasteiger partial charge in [-0.25, -0.2) is 8.42 Å². The lowest BCUT2D eigenvalue weighted by Crippen LogP contribution is -2.55. The normalized spacial score (nSPS) is 29.5. The molecule has 4 aliphatic carbocycles. The lowest BCUT2D eigenvalue weighted by Gasteiger charge is -2.46. The van der Waals surface area contributed by atoms with Gasteiger partial charge >= 0.3 is 5.97 Å². The molecule has 4 fully saturated rings. The smallest absolute Gasteiger partial charge is 0.323 e. The first kappa shape index (κ1) is 30.8. The first-order valence-corrected chi connectivity index (χ1v) is 17.8. The Hall–Kier alpha value is -1.64. The monoisotopic (exact) mass is 588 g/mol. The quantitative estimate of drug-likeness (QED) is 0.310. The molecule has 1 aromatic rings. The van der Waals surface area contributed by atoms with Gasteiger partial charge in [-0.1, -0.05) is 64.5 Å². The first-order chi connectivity index (χ1) is 19.6. The molecule has 4 saturated carbocycles. The Kier molecular flexibility index (Phi) is 9.42. The number of hydrogen-bond donors (Lipinski definition) is 1. The highest BCUT2D eigenvalue weighted by Crippen LogP contribution is 2.67. The number of sulfonamides is 1. The van der Waals surface area contributed by atoms with E-state index in [4.69, 9.17) is 9.47 Å². The van der Waals surface area contributed by atoms with E-state index in [0.717, 1.165) is 81.9 Å². The molecular formula is C33H52N2O5S. The van der Waals surface area contributed by atoms with Gasteiger partial charge in [0.2, 0.25) is 10.0 Å². The average Bonchev–Trinajstić information content (AvgIpc) is 3.32. The molecular weight excluding hydrogens is 536 g/mol. The number of rotatable bonds is 11. The fourth-order valence-corrected chi connectivity index (χ4v) is 11.5. The molecule has 0 aromatic heterocycles. The molecule has 0 spiro atoms. The van der Waals surface area contributed by atoms with Crippen LogP contribution in [0.5, 0.6) is 5.75 Å². The number of benzene rings is 1. The zero-order valence-electron chi connectivity index (χ0n) is 25.7. The number of hydrogen-bond acceptors (Lipinski definition) is 6. The second kappa shape index (κ2) is 12.5. The van der Waals surface area contributed by atoms with Crippen molar-refractivity contribution in [3.8, 4) is 5.75 Å². The second-order valence-corrected chi connectivity index (χ2v) is 15.8. The van der Waals surface area contributed by atoms with Crippen molar-refractivity contribution in [1.29, 1.82) is 0 Å². The van der Waals surface area contributed by atoms with E-state index in [1.165, 1.54) is 12.8 Å². The van der Waals surface area contributed by atoms with Crippen LogP contribution in [0.15, 0.2) is 24.3 Å². The first-order valence-electron chi connectivity index (χ1n) is 16.2. The van der Waals surface area contributed by atoms with Crippen LogP contribution in [-0.4, -0.2) is 55.8 Å². The van der Waals surface area contributed by atoms with Crippen LogP contribution in [0.25, 0.3) is 0 Å². The maximum Gasteiger partial charge on any atom is 0.323 e. The molecule has 4 aliphatic rings. The number of nitrogens with zero attached hydrogens (tertiary/aromatic N) is 1. The molecule has 7 nitrogen and oxygen atoms in total. The summed E-state index contributed by atoms with van der Waals surface area (Å²) in [6.45, 7) is 6.83. The second-order valence-electron chi connectivity index (χ2n) is 13.9. The predicted octanol–water partition coefficient (Wildman–Crippen LogP) is 6.21. The topological polar surface area (TPSA) is 84.9 Å². The predicted molar refractivity (Wildman–Crippen MR) is 162 cm³/mol. The highest BCUT2D eigenvalue weighted by Gasteiger charge is 2.67. The minimum atomic E-state index is -3.54. The van der Waals surface area contributed by atoms with Crippen molar-refractivity contribution in [1.82, 2.24) is 9.62 Å². The summed E-state index contributed by atoms with van der Waals surface area (Å²) in [6.07, 6.45) is 13.0. The van der Waals surface area contributed by atoms with Crippen LogP contribution in [-0.2, 0) is 26.1 Å². The van der Waals surface area contributed by atoms with Gasteiger partial charge in [0.05, 0.1) is 12.9 Å². The van der Waals surface area contributed by atoms with E-state index >= 15 is 0 Å². The Labute approximate surface area is 248 Å². The standard InChI is InChI=1S/C33H52N2O5S/c1-24(34-22-25-15-17-29(39-4)18-16-25)31(36)40-30-21-26-19-20-33(30,32(26,2)3)23-41(37,38)35(27-11-7-5-8-12-27)28-13-9-6-10-14-28/h15-18,24,26-28,30,34H,5-14,19-23H2,1-4H3/t24-,26-,30-,33-/m0/s1. The van der Waals surface area contributed by atoms with E-state index in [1.54, 1.807) is 7.11 Å². The Morgan fingerprint density at radius 2 is 1.56 bits per heavy atom. The molecule has 0 heterocycles. The zero-order chi connectivity index (χ0) is 29.3. The Balaban J connectivity index is 1.32. The summed E-state index contributed by atoms with van der Waals surface area (Å²) in [6, 6.07) is 7.53. The van der Waals surface area contributed by atoms with Crippen LogP contribution < -0.4 is 10.1 Å². The third kappa shape index (κ3) is 6.21. The molecule has 0 unspecified atom stereocenters. The molecule has 0 saturated heterocycles. The molecule has 2 bridgehead atoms. The maximum absolute atomic E-state index is 14.6. The number of carbonyl (C=O) groups excluding carboxylic acids is 1. The third-order valence-corrected chi connectivity index (χ3v) is 13.5. The molecule has 1 aromatic carbocycles. The van der Waals surface area contributed by atoms with Crippen molar-refractivity contribution in [2.45, 2.75) is 135 Å². The molecule has 5 rings (SSSR count). The summed E-state index contributed by atoms with van der Waals surface area (Å²) >= 11 is 0. The Morgan fingerprint density at radius 3 is 2.10 bits per heavy atom. The van der Waals surface area contributed by atoms with Gasteiger partial charge in [0.25, 0.3) is 0 Å². The van der Waals surface area contributed by atoms with E-state index in [-0.39, 0.29) is 35.3 Å². The lowest BCUT2D eigenvalue weighted by molar-refractivity contribution is -0.158. The molecule has 230 valence electrons. The van der Waals surface area contributed by atoms with Gasteiger partial charge in [-0.2, -0.15) is 4.31 Å². The fraction of sp³-hybridized carbons (Fsp3) is 0.788. The van der Waals surface area contributed by atoms with Crippen molar-refractivity contribution in [3.05, 3.63) is 29.8 Å². The minimum Gasteiger partial charge on any atom is -0.497 e. The molecule has 41 heavy (non-hydrogen) atoms. The van der Waals surface area contributed by atoms with Gasteiger partial charge in [0.15, 0.2) is 0 Å². The summed E-state index contributed by atoms with van der Waals surface area (Å²) in [5.74, 6) is 0.976. The number of nitrogens with one attached hydrogen (secondary N) is 1. The number of methoxy groups -OCH3 is 1. The molecule has 0 radical (unpaired) electrons. The van der Waals surface area contributed by atoms with Crippen LogP contribution in [0.2, 0.25) is 0 Å². The Morgan fingerprint density at radius 1 is 0.976 bits per heavy atom. The summed E-state index contributed by atoms with van der Waals surface area (Å²) < 4.78 is 42.7. The van der Waals surface area contributed by atoms with E-state index in [0.29, 0.717) is 12.5 Å². The molecule has 8 heteroatoms. The molecule has 1 N–H and O–H groups in total. The van der Waals surface area contributed by atoms with Crippen molar-refractivity contribution < 1.29 is 22.7 Å². The van der Waals surface area contributed by atoms with Gasteiger partial charge in [0.1, 0.15) is 17.9 Å². The van der Waals surface area contributed by atoms with E-state index in [2.05, 4.69) is 19.2 Å². The van der Waals surface area contributed by atoms with Crippen LogP contribution in [0, 0.1) is 16.7 Å². The van der Waals surface area contributed by atoms with Gasteiger partial charge in [0, 0.05) is 24.0 Å². The lowest BCUT2D eigenvalue weighted by atomic mass is 9.69. The van der Waals surface area contributed by atoms with Gasteiger partial charge in [-0.3, -0.25) is 4.79 Å². The molecule has 4 atom stereocenters. The van der Waals surface area contributed by atoms with E-state index in [9.17, 15) is 13.2 Å². The SMILES string of the molecule is COc1ccc(CN[C@@H](C)C(=O)O[C@H]2C[C@@H]3CC[C@@]2(CS(=O)(=O)N(C2CCCCC2)C2CCCCC2)C3(C)C)cc1.